The highest BCUT2D eigenvalue weighted by molar-refractivity contribution is 14.1. The van der Waals surface area contributed by atoms with Crippen molar-refractivity contribution >= 4 is 68.8 Å². The lowest BCUT2D eigenvalue weighted by atomic mass is 9.49. The predicted molar refractivity (Wildman–Crippen MR) is 129 cm³/mol. The van der Waals surface area contributed by atoms with Crippen LogP contribution in [0.1, 0.15) is 44.1 Å². The Morgan fingerprint density at radius 1 is 1.27 bits per heavy atom. The summed E-state index contributed by atoms with van der Waals surface area (Å²) in [5, 5.41) is 1.28. The summed E-state index contributed by atoms with van der Waals surface area (Å²) in [4.78, 5) is 26.8. The molecule has 1 aromatic rings. The number of thioether (sulfide) groups is 1. The molecular weight excluding hydrogens is 531 g/mol. The van der Waals surface area contributed by atoms with E-state index in [-0.39, 0.29) is 17.2 Å². The molecule has 5 aliphatic rings. The van der Waals surface area contributed by atoms with Gasteiger partial charge in [0.25, 0.3) is 5.91 Å². The van der Waals surface area contributed by atoms with E-state index in [9.17, 15) is 9.59 Å². The van der Waals surface area contributed by atoms with Gasteiger partial charge in [0.15, 0.2) is 4.32 Å². The summed E-state index contributed by atoms with van der Waals surface area (Å²) < 4.78 is 6.64. The molecule has 0 aromatic heterocycles. The summed E-state index contributed by atoms with van der Waals surface area (Å²) >= 11 is 8.87. The summed E-state index contributed by atoms with van der Waals surface area (Å²) in [6, 6.07) is 5.74. The van der Waals surface area contributed by atoms with Gasteiger partial charge in [-0.25, -0.2) is 0 Å². The molecule has 4 saturated carbocycles. The summed E-state index contributed by atoms with van der Waals surface area (Å²) in [6.45, 7) is 0. The van der Waals surface area contributed by atoms with E-state index >= 15 is 0 Å². The number of carbonyl (C=O) groups is 2. The third-order valence-electron chi connectivity index (χ3n) is 7.00. The number of nitrogens with one attached hydrogen (secondary N) is 1. The maximum atomic E-state index is 13.3. The fourth-order valence-electron chi connectivity index (χ4n) is 6.10. The first-order valence-corrected chi connectivity index (χ1v) is 12.6. The molecule has 0 unspecified atom stereocenters. The first kappa shape index (κ1) is 20.8. The number of nitrogens with zero attached hydrogens (tertiary/aromatic N) is 1. The molecule has 4 bridgehead atoms. The van der Waals surface area contributed by atoms with Crippen LogP contribution in [-0.4, -0.2) is 28.3 Å². The molecule has 0 atom stereocenters. The van der Waals surface area contributed by atoms with Crippen LogP contribution < -0.4 is 10.2 Å². The van der Waals surface area contributed by atoms with Gasteiger partial charge in [-0.2, -0.15) is 5.01 Å². The standard InChI is InChI=1S/C22H23IN2O3S2/c1-28-17-3-2-12(7-16(17)23)8-18-19(26)25(21(29)30-18)24-20(27)22-9-13-4-14(10-22)6-15(5-13)11-22/h2-3,7-8,13-15H,4-6,9-11H2,1H3,(H,24,27)/b18-8-. The Morgan fingerprint density at radius 3 is 2.47 bits per heavy atom. The number of methoxy groups -OCH3 is 1. The minimum absolute atomic E-state index is 0.0156. The largest absolute Gasteiger partial charge is 0.496 e. The highest BCUT2D eigenvalue weighted by Gasteiger charge is 2.55. The Kier molecular flexibility index (Phi) is 5.38. The molecular formula is C22H23IN2O3S2. The first-order valence-electron chi connectivity index (χ1n) is 10.3. The van der Waals surface area contributed by atoms with E-state index in [1.165, 1.54) is 36.0 Å². The molecule has 1 aromatic carbocycles. The quantitative estimate of drug-likeness (QED) is 0.331. The zero-order valence-electron chi connectivity index (χ0n) is 16.7. The molecule has 5 nitrogen and oxygen atoms in total. The lowest BCUT2D eigenvalue weighted by Crippen LogP contribution is -2.57. The zero-order valence-corrected chi connectivity index (χ0v) is 20.4. The molecule has 6 rings (SSSR count). The second-order valence-corrected chi connectivity index (χ2v) is 11.9. The smallest absolute Gasteiger partial charge is 0.285 e. The SMILES string of the molecule is COc1ccc(/C=C2\SC(=S)N(NC(=O)C34CC5CC(CC(C5)C3)C4)C2=O)cc1I. The van der Waals surface area contributed by atoms with Crippen molar-refractivity contribution < 1.29 is 14.3 Å². The summed E-state index contributed by atoms with van der Waals surface area (Å²) in [6.07, 6.45) is 8.52. The average molecular weight is 554 g/mol. The van der Waals surface area contributed by atoms with Gasteiger partial charge in [-0.15, -0.1) is 0 Å². The molecule has 1 aliphatic heterocycles. The number of benzene rings is 1. The van der Waals surface area contributed by atoms with Gasteiger partial charge in [-0.05, 0) is 115 Å². The molecule has 0 spiro atoms. The van der Waals surface area contributed by atoms with Crippen LogP contribution >= 0.6 is 46.6 Å². The minimum Gasteiger partial charge on any atom is -0.496 e. The maximum absolute atomic E-state index is 13.3. The van der Waals surface area contributed by atoms with E-state index in [0.29, 0.717) is 27.0 Å². The van der Waals surface area contributed by atoms with Gasteiger partial charge in [-0.3, -0.25) is 15.0 Å². The van der Waals surface area contributed by atoms with Crippen molar-refractivity contribution in [1.82, 2.24) is 10.4 Å². The molecule has 1 N–H and O–H groups in total. The number of amides is 2. The van der Waals surface area contributed by atoms with E-state index in [2.05, 4.69) is 28.0 Å². The molecule has 8 heteroatoms. The van der Waals surface area contributed by atoms with E-state index in [4.69, 9.17) is 17.0 Å². The summed E-state index contributed by atoms with van der Waals surface area (Å²) in [5.41, 5.74) is 3.49. The Balaban J connectivity index is 1.32. The van der Waals surface area contributed by atoms with Gasteiger partial charge < -0.3 is 4.74 Å². The van der Waals surface area contributed by atoms with Crippen molar-refractivity contribution in [3.05, 3.63) is 32.2 Å². The number of halogens is 1. The molecule has 1 heterocycles. The maximum Gasteiger partial charge on any atom is 0.285 e. The van der Waals surface area contributed by atoms with Crippen molar-refractivity contribution in [1.29, 1.82) is 0 Å². The van der Waals surface area contributed by atoms with Crippen LogP contribution in [0.4, 0.5) is 0 Å². The number of rotatable bonds is 4. The van der Waals surface area contributed by atoms with Gasteiger partial charge in [0, 0.05) is 0 Å². The third-order valence-corrected chi connectivity index (χ3v) is 9.15. The molecule has 2 amide bonds. The molecule has 0 radical (unpaired) electrons. The molecule has 158 valence electrons. The van der Waals surface area contributed by atoms with Gasteiger partial charge in [0.05, 0.1) is 21.0 Å². The predicted octanol–water partition coefficient (Wildman–Crippen LogP) is 4.75. The number of hydrazine groups is 1. The second kappa shape index (κ2) is 7.78. The van der Waals surface area contributed by atoms with Crippen LogP contribution in [0.15, 0.2) is 23.1 Å². The minimum atomic E-state index is -0.312. The van der Waals surface area contributed by atoms with E-state index in [1.807, 2.05) is 24.3 Å². The highest BCUT2D eigenvalue weighted by Crippen LogP contribution is 2.60. The van der Waals surface area contributed by atoms with Crippen molar-refractivity contribution in [3.8, 4) is 5.75 Å². The lowest BCUT2D eigenvalue weighted by molar-refractivity contribution is -0.152. The fraction of sp³-hybridized carbons (Fsp3) is 0.500. The average Bonchev–Trinajstić information content (AvgIpc) is 2.94. The Bertz CT molecular complexity index is 942. The van der Waals surface area contributed by atoms with Crippen LogP contribution in [0.5, 0.6) is 5.75 Å². The van der Waals surface area contributed by atoms with Crippen LogP contribution in [0, 0.1) is 26.7 Å². The zero-order chi connectivity index (χ0) is 21.0. The number of hydrogen-bond acceptors (Lipinski definition) is 5. The summed E-state index contributed by atoms with van der Waals surface area (Å²) in [7, 11) is 1.63. The number of hydrogen-bond donors (Lipinski definition) is 1. The first-order chi connectivity index (χ1) is 14.4. The fourth-order valence-corrected chi connectivity index (χ4v) is 8.04. The monoisotopic (exact) mass is 554 g/mol. The van der Waals surface area contributed by atoms with Gasteiger partial charge >= 0.3 is 0 Å². The molecule has 4 aliphatic carbocycles. The van der Waals surface area contributed by atoms with Crippen molar-refractivity contribution in [2.24, 2.45) is 23.2 Å². The molecule has 1 saturated heterocycles. The Morgan fingerprint density at radius 2 is 1.90 bits per heavy atom. The van der Waals surface area contributed by atoms with Crippen molar-refractivity contribution in [2.75, 3.05) is 7.11 Å². The van der Waals surface area contributed by atoms with Gasteiger partial charge in [0.1, 0.15) is 5.75 Å². The lowest BCUT2D eigenvalue weighted by Gasteiger charge is -2.55. The normalized spacial score (nSPS) is 33.5. The van der Waals surface area contributed by atoms with Gasteiger partial charge in [-0.1, -0.05) is 17.8 Å². The number of thiocarbonyl (C=S) groups is 1. The Labute approximate surface area is 199 Å². The van der Waals surface area contributed by atoms with Crippen LogP contribution in [-0.2, 0) is 9.59 Å². The molecule has 30 heavy (non-hydrogen) atoms. The van der Waals surface area contributed by atoms with E-state index in [0.717, 1.165) is 34.1 Å². The third kappa shape index (κ3) is 3.58. The number of ether oxygens (including phenoxy) is 1. The van der Waals surface area contributed by atoms with Crippen molar-refractivity contribution in [3.63, 3.8) is 0 Å². The van der Waals surface area contributed by atoms with Crippen LogP contribution in [0.25, 0.3) is 6.08 Å². The topological polar surface area (TPSA) is 58.6 Å². The van der Waals surface area contributed by atoms with Crippen LogP contribution in [0.2, 0.25) is 0 Å². The van der Waals surface area contributed by atoms with Crippen molar-refractivity contribution in [2.45, 2.75) is 38.5 Å². The van der Waals surface area contributed by atoms with E-state index in [1.54, 1.807) is 7.11 Å². The van der Waals surface area contributed by atoms with Crippen LogP contribution in [0.3, 0.4) is 0 Å². The number of carbonyl (C=O) groups excluding carboxylic acids is 2. The molecule has 5 fully saturated rings. The second-order valence-electron chi connectivity index (χ2n) is 9.05. The Hall–Kier alpha value is -1.13. The van der Waals surface area contributed by atoms with E-state index < -0.39 is 0 Å². The highest BCUT2D eigenvalue weighted by atomic mass is 127. The van der Waals surface area contributed by atoms with Gasteiger partial charge in [0.2, 0.25) is 5.91 Å². The summed E-state index contributed by atoms with van der Waals surface area (Å²) in [5.74, 6) is 2.54.